The summed E-state index contributed by atoms with van der Waals surface area (Å²) in [6.45, 7) is 1.62. The van der Waals surface area contributed by atoms with Gasteiger partial charge in [-0.05, 0) is 31.2 Å². The molecule has 0 fully saturated rings. The number of aryl methyl sites for hydroxylation is 1. The summed E-state index contributed by atoms with van der Waals surface area (Å²) in [5.74, 6) is -1.59. The van der Waals surface area contributed by atoms with Crippen LogP contribution in [0.2, 0.25) is 5.15 Å². The van der Waals surface area contributed by atoms with Gasteiger partial charge in [-0.1, -0.05) is 29.8 Å². The van der Waals surface area contributed by atoms with Crippen LogP contribution in [0.4, 0.5) is 15.8 Å². The normalized spacial score (nSPS) is 10.6. The molecule has 0 aliphatic carbocycles. The molecule has 3 rings (SSSR count). The molecule has 132 valence electrons. The van der Waals surface area contributed by atoms with Crippen molar-refractivity contribution >= 4 is 28.9 Å². The lowest BCUT2D eigenvalue weighted by molar-refractivity contribution is -0.387. The number of carbonyl (C=O) groups is 1. The molecule has 0 spiro atoms. The number of rotatable bonds is 4. The van der Waals surface area contributed by atoms with Gasteiger partial charge in [0, 0.05) is 11.8 Å². The van der Waals surface area contributed by atoms with Gasteiger partial charge < -0.3 is 5.32 Å². The molecule has 0 saturated heterocycles. The number of nitrogens with one attached hydrogen (secondary N) is 1. The second-order valence-corrected chi connectivity index (χ2v) is 5.73. The van der Waals surface area contributed by atoms with Gasteiger partial charge in [0.15, 0.2) is 0 Å². The van der Waals surface area contributed by atoms with E-state index in [4.69, 9.17) is 11.6 Å². The van der Waals surface area contributed by atoms with Gasteiger partial charge in [0.2, 0.25) is 5.82 Å². The maximum absolute atomic E-state index is 13.4. The SMILES string of the molecule is Cc1nn(-c2ccccc2)c(Cl)c1C(=O)Nc1ccc(F)c([N+](=O)[O-])c1. The van der Waals surface area contributed by atoms with Crippen LogP contribution < -0.4 is 5.32 Å². The van der Waals surface area contributed by atoms with Crippen molar-refractivity contribution < 1.29 is 14.1 Å². The van der Waals surface area contributed by atoms with Crippen LogP contribution in [0.3, 0.4) is 0 Å². The molecule has 0 aliphatic heterocycles. The highest BCUT2D eigenvalue weighted by atomic mass is 35.5. The standard InChI is InChI=1S/C17H12ClFN4O3/c1-10-15(16(18)22(21-10)12-5-3-2-4-6-12)17(24)20-11-7-8-13(19)14(9-11)23(25)26/h2-9H,1H3,(H,20,24). The molecule has 0 aliphatic rings. The van der Waals surface area contributed by atoms with E-state index in [1.54, 1.807) is 31.2 Å². The number of nitro groups is 1. The lowest BCUT2D eigenvalue weighted by Gasteiger charge is -2.06. The summed E-state index contributed by atoms with van der Waals surface area (Å²) in [5.41, 5.74) is 0.532. The van der Waals surface area contributed by atoms with Crippen LogP contribution in [0.15, 0.2) is 48.5 Å². The summed E-state index contributed by atoms with van der Waals surface area (Å²) in [5, 5.41) is 17.7. The maximum Gasteiger partial charge on any atom is 0.306 e. The van der Waals surface area contributed by atoms with Gasteiger partial charge in [0.1, 0.15) is 10.7 Å². The topological polar surface area (TPSA) is 90.1 Å². The number of hydrogen-bond acceptors (Lipinski definition) is 4. The fraction of sp³-hybridized carbons (Fsp3) is 0.0588. The molecule has 0 saturated carbocycles. The first-order valence-corrected chi connectivity index (χ1v) is 7.82. The average molecular weight is 375 g/mol. The van der Waals surface area contributed by atoms with E-state index >= 15 is 0 Å². The molecule has 1 N–H and O–H groups in total. The fourth-order valence-electron chi connectivity index (χ4n) is 2.42. The van der Waals surface area contributed by atoms with Gasteiger partial charge in [-0.25, -0.2) is 4.68 Å². The number of anilines is 1. The monoisotopic (exact) mass is 374 g/mol. The van der Waals surface area contributed by atoms with Crippen LogP contribution in [-0.4, -0.2) is 20.6 Å². The van der Waals surface area contributed by atoms with Crippen molar-refractivity contribution in [2.24, 2.45) is 0 Å². The summed E-state index contributed by atoms with van der Waals surface area (Å²) in [6.07, 6.45) is 0. The third kappa shape index (κ3) is 3.27. The average Bonchev–Trinajstić information content (AvgIpc) is 2.91. The van der Waals surface area contributed by atoms with Crippen molar-refractivity contribution in [3.8, 4) is 5.69 Å². The first-order chi connectivity index (χ1) is 12.4. The quantitative estimate of drug-likeness (QED) is 0.549. The molecule has 0 bridgehead atoms. The Bertz CT molecular complexity index is 1000. The zero-order valence-electron chi connectivity index (χ0n) is 13.4. The number of para-hydroxylation sites is 1. The van der Waals surface area contributed by atoms with Crippen LogP contribution in [-0.2, 0) is 0 Å². The minimum atomic E-state index is -0.987. The number of halogens is 2. The zero-order chi connectivity index (χ0) is 18.8. The van der Waals surface area contributed by atoms with E-state index in [9.17, 15) is 19.3 Å². The Labute approximate surface area is 152 Å². The highest BCUT2D eigenvalue weighted by molar-refractivity contribution is 6.34. The Balaban J connectivity index is 1.93. The van der Waals surface area contributed by atoms with Crippen molar-refractivity contribution in [2.75, 3.05) is 5.32 Å². The number of aromatic nitrogens is 2. The first-order valence-electron chi connectivity index (χ1n) is 7.44. The number of amides is 1. The third-order valence-corrected chi connectivity index (χ3v) is 3.98. The highest BCUT2D eigenvalue weighted by Crippen LogP contribution is 2.26. The second-order valence-electron chi connectivity index (χ2n) is 5.38. The Kier molecular flexibility index (Phi) is 4.68. The number of hydrogen-bond donors (Lipinski definition) is 1. The van der Waals surface area contributed by atoms with Crippen molar-refractivity contribution in [1.29, 1.82) is 0 Å². The summed E-state index contributed by atoms with van der Waals surface area (Å²) >= 11 is 6.30. The van der Waals surface area contributed by atoms with Crippen molar-refractivity contribution in [2.45, 2.75) is 6.92 Å². The Morgan fingerprint density at radius 1 is 1.27 bits per heavy atom. The predicted molar refractivity (Wildman–Crippen MR) is 94.3 cm³/mol. The van der Waals surface area contributed by atoms with E-state index in [-0.39, 0.29) is 16.4 Å². The largest absolute Gasteiger partial charge is 0.322 e. The molecule has 2 aromatic carbocycles. The van der Waals surface area contributed by atoms with E-state index in [2.05, 4.69) is 10.4 Å². The number of benzene rings is 2. The van der Waals surface area contributed by atoms with E-state index in [1.165, 1.54) is 10.7 Å². The van der Waals surface area contributed by atoms with Crippen LogP contribution >= 0.6 is 11.6 Å². The molecule has 0 radical (unpaired) electrons. The van der Waals surface area contributed by atoms with Gasteiger partial charge in [0.05, 0.1) is 16.3 Å². The number of nitrogens with zero attached hydrogens (tertiary/aromatic N) is 3. The molecule has 1 amide bonds. The smallest absolute Gasteiger partial charge is 0.306 e. The van der Waals surface area contributed by atoms with Gasteiger partial charge in [0.25, 0.3) is 5.91 Å². The van der Waals surface area contributed by atoms with Gasteiger partial charge in [-0.15, -0.1) is 0 Å². The van der Waals surface area contributed by atoms with Gasteiger partial charge in [-0.2, -0.15) is 9.49 Å². The molecular formula is C17H12ClFN4O3. The second kappa shape index (κ2) is 6.93. The highest BCUT2D eigenvalue weighted by Gasteiger charge is 2.22. The minimum Gasteiger partial charge on any atom is -0.322 e. The number of nitro benzene ring substituents is 1. The molecule has 3 aromatic rings. The molecular weight excluding hydrogens is 363 g/mol. The molecule has 1 heterocycles. The molecule has 9 heteroatoms. The minimum absolute atomic E-state index is 0.0750. The Morgan fingerprint density at radius 3 is 2.62 bits per heavy atom. The van der Waals surface area contributed by atoms with Gasteiger partial charge >= 0.3 is 5.69 Å². The maximum atomic E-state index is 13.4. The number of carbonyl (C=O) groups excluding carboxylic acids is 1. The van der Waals surface area contributed by atoms with Crippen LogP contribution in [0.1, 0.15) is 16.1 Å². The van der Waals surface area contributed by atoms with Crippen molar-refractivity contribution in [3.63, 3.8) is 0 Å². The summed E-state index contributed by atoms with van der Waals surface area (Å²) < 4.78 is 14.8. The molecule has 7 nitrogen and oxygen atoms in total. The molecule has 0 unspecified atom stereocenters. The molecule has 26 heavy (non-hydrogen) atoms. The van der Waals surface area contributed by atoms with Crippen molar-refractivity contribution in [1.82, 2.24) is 9.78 Å². The van der Waals surface area contributed by atoms with E-state index in [0.717, 1.165) is 12.1 Å². The summed E-state index contributed by atoms with van der Waals surface area (Å²) in [4.78, 5) is 22.5. The van der Waals surface area contributed by atoms with Crippen molar-refractivity contribution in [3.05, 3.63) is 80.9 Å². The van der Waals surface area contributed by atoms with E-state index in [0.29, 0.717) is 11.4 Å². The van der Waals surface area contributed by atoms with Crippen LogP contribution in [0.5, 0.6) is 0 Å². The van der Waals surface area contributed by atoms with Crippen LogP contribution in [0.25, 0.3) is 5.69 Å². The zero-order valence-corrected chi connectivity index (χ0v) is 14.2. The van der Waals surface area contributed by atoms with Crippen LogP contribution in [0, 0.1) is 22.9 Å². The van der Waals surface area contributed by atoms with E-state index in [1.807, 2.05) is 6.07 Å². The first kappa shape index (κ1) is 17.6. The fourth-order valence-corrected chi connectivity index (χ4v) is 2.78. The van der Waals surface area contributed by atoms with Gasteiger partial charge in [-0.3, -0.25) is 14.9 Å². The lowest BCUT2D eigenvalue weighted by atomic mass is 10.2. The Morgan fingerprint density at radius 2 is 1.96 bits per heavy atom. The third-order valence-electron chi connectivity index (χ3n) is 3.63. The molecule has 0 atom stereocenters. The molecule has 1 aromatic heterocycles. The summed E-state index contributed by atoms with van der Waals surface area (Å²) in [7, 11) is 0. The predicted octanol–water partition coefficient (Wildman–Crippen LogP) is 4.13. The van der Waals surface area contributed by atoms with E-state index < -0.39 is 22.3 Å². The summed E-state index contributed by atoms with van der Waals surface area (Å²) in [6, 6.07) is 12.1. The lowest BCUT2D eigenvalue weighted by Crippen LogP contribution is -2.13. The Hall–Kier alpha value is -3.26.